The zero-order valence-corrected chi connectivity index (χ0v) is 34.1. The molecule has 4 saturated carbocycles. The number of carbonyl (C=O) groups is 1. The SMILES string of the molecule is CC1(C)CC[C@]2(C(=O)O[C@H]3OC(CO)[C@H](O[C@H]4OC(CO)[C@@H](O)C(O)[C@H]4O)C(O)[C@H]3O)C(O)C[C@]3(C)C(=CC[C@@H]4[C@@]5(C)CC[C@H](O)C(C)(C)[C@@H]5CC[C@]43C)[C@@H]2C1. The molecular formula is C42H68O14. The summed E-state index contributed by atoms with van der Waals surface area (Å²) in [6, 6.07) is 0. The maximum Gasteiger partial charge on any atom is 0.317 e. The summed E-state index contributed by atoms with van der Waals surface area (Å²) in [5.41, 5.74) is -1.17. The molecule has 0 aromatic heterocycles. The van der Waals surface area contributed by atoms with Gasteiger partial charge in [-0.2, -0.15) is 0 Å². The second kappa shape index (κ2) is 14.4. The van der Waals surface area contributed by atoms with Gasteiger partial charge in [-0.25, -0.2) is 0 Å². The lowest BCUT2D eigenvalue weighted by molar-refractivity contribution is -0.357. The van der Waals surface area contributed by atoms with Crippen molar-refractivity contribution >= 4 is 5.97 Å². The molecule has 0 radical (unpaired) electrons. The van der Waals surface area contributed by atoms with E-state index in [9.17, 15) is 50.8 Å². The third kappa shape index (κ3) is 6.13. The van der Waals surface area contributed by atoms with Gasteiger partial charge in [0.25, 0.3) is 0 Å². The molecule has 0 spiro atoms. The minimum absolute atomic E-state index is 0.00601. The Kier molecular flexibility index (Phi) is 11.0. The molecule has 9 N–H and O–H groups in total. The van der Waals surface area contributed by atoms with Crippen LogP contribution in [0.1, 0.15) is 106 Å². The predicted molar refractivity (Wildman–Crippen MR) is 199 cm³/mol. The van der Waals surface area contributed by atoms with Crippen molar-refractivity contribution in [3.8, 4) is 0 Å². The number of ether oxygens (including phenoxy) is 4. The van der Waals surface area contributed by atoms with Gasteiger partial charge in [0.2, 0.25) is 6.29 Å². The molecule has 0 aromatic rings. The first-order valence-electron chi connectivity index (χ1n) is 20.9. The first-order valence-corrected chi connectivity index (χ1v) is 20.9. The van der Waals surface area contributed by atoms with Crippen molar-refractivity contribution in [1.82, 2.24) is 0 Å². The molecule has 0 aromatic carbocycles. The summed E-state index contributed by atoms with van der Waals surface area (Å²) in [6.45, 7) is 14.4. The zero-order chi connectivity index (χ0) is 41.1. The third-order valence-electron chi connectivity index (χ3n) is 17.2. The second-order valence-electron chi connectivity index (χ2n) is 20.8. The molecule has 5 unspecified atom stereocenters. The number of aliphatic hydroxyl groups excluding tert-OH is 9. The van der Waals surface area contributed by atoms with Gasteiger partial charge in [0.15, 0.2) is 6.29 Å². The summed E-state index contributed by atoms with van der Waals surface area (Å²) in [7, 11) is 0. The Balaban J connectivity index is 1.16. The lowest BCUT2D eigenvalue weighted by Gasteiger charge is -2.71. The van der Waals surface area contributed by atoms with E-state index in [-0.39, 0.29) is 33.7 Å². The summed E-state index contributed by atoms with van der Waals surface area (Å²) >= 11 is 0. The average molecular weight is 797 g/mol. The molecule has 5 aliphatic carbocycles. The van der Waals surface area contributed by atoms with Crippen molar-refractivity contribution in [3.63, 3.8) is 0 Å². The van der Waals surface area contributed by atoms with Crippen LogP contribution in [0.5, 0.6) is 0 Å². The predicted octanol–water partition coefficient (Wildman–Crippen LogP) is 1.29. The molecule has 2 saturated heterocycles. The summed E-state index contributed by atoms with van der Waals surface area (Å²) < 4.78 is 23.0. The highest BCUT2D eigenvalue weighted by Crippen LogP contribution is 2.76. The molecule has 0 amide bonds. The fourth-order valence-electron chi connectivity index (χ4n) is 13.6. The minimum atomic E-state index is -1.89. The maximum atomic E-state index is 14.8. The molecule has 320 valence electrons. The van der Waals surface area contributed by atoms with E-state index in [1.165, 1.54) is 5.57 Å². The number of carbonyl (C=O) groups excluding carboxylic acids is 1. The Morgan fingerprint density at radius 1 is 0.714 bits per heavy atom. The smallest absolute Gasteiger partial charge is 0.317 e. The molecule has 14 nitrogen and oxygen atoms in total. The number of esters is 1. The number of allylic oxidation sites excluding steroid dienone is 2. The lowest BCUT2D eigenvalue weighted by Crippen LogP contribution is -2.68. The molecule has 6 fully saturated rings. The van der Waals surface area contributed by atoms with Crippen molar-refractivity contribution in [2.75, 3.05) is 13.2 Å². The van der Waals surface area contributed by atoms with Crippen molar-refractivity contribution < 1.29 is 69.7 Å². The quantitative estimate of drug-likeness (QED) is 0.136. The van der Waals surface area contributed by atoms with Gasteiger partial charge < -0.3 is 64.9 Å². The Labute approximate surface area is 330 Å². The van der Waals surface area contributed by atoms with E-state index >= 15 is 0 Å². The maximum absolute atomic E-state index is 14.8. The van der Waals surface area contributed by atoms with Crippen LogP contribution in [0.4, 0.5) is 0 Å². The first-order chi connectivity index (χ1) is 26.0. The van der Waals surface area contributed by atoms with Crippen LogP contribution in [0.25, 0.3) is 0 Å². The highest BCUT2D eigenvalue weighted by molar-refractivity contribution is 5.80. The van der Waals surface area contributed by atoms with Crippen LogP contribution in [0.2, 0.25) is 0 Å². The van der Waals surface area contributed by atoms with Gasteiger partial charge in [0.05, 0.1) is 25.4 Å². The van der Waals surface area contributed by atoms with Crippen molar-refractivity contribution in [2.24, 2.45) is 50.2 Å². The van der Waals surface area contributed by atoms with E-state index in [0.29, 0.717) is 37.5 Å². The molecule has 2 aliphatic heterocycles. The van der Waals surface area contributed by atoms with Gasteiger partial charge in [-0.1, -0.05) is 60.1 Å². The van der Waals surface area contributed by atoms with Crippen LogP contribution in [0, 0.1) is 50.2 Å². The molecule has 2 heterocycles. The number of fused-ring (bicyclic) bond motifs is 7. The van der Waals surface area contributed by atoms with Crippen LogP contribution >= 0.6 is 0 Å². The number of hydrogen-bond donors (Lipinski definition) is 9. The number of aliphatic hydroxyl groups is 9. The summed E-state index contributed by atoms with van der Waals surface area (Å²) in [5.74, 6) is -0.449. The largest absolute Gasteiger partial charge is 0.432 e. The van der Waals surface area contributed by atoms with E-state index in [0.717, 1.165) is 32.1 Å². The van der Waals surface area contributed by atoms with Gasteiger partial charge in [0.1, 0.15) is 54.2 Å². The minimum Gasteiger partial charge on any atom is -0.432 e. The van der Waals surface area contributed by atoms with E-state index in [2.05, 4.69) is 54.5 Å². The van der Waals surface area contributed by atoms with Gasteiger partial charge in [-0.05, 0) is 103 Å². The summed E-state index contributed by atoms with van der Waals surface area (Å²) in [5, 5.41) is 97.1. The van der Waals surface area contributed by atoms with E-state index in [1.54, 1.807) is 0 Å². The van der Waals surface area contributed by atoms with E-state index < -0.39 is 97.5 Å². The molecule has 7 rings (SSSR count). The van der Waals surface area contributed by atoms with Crippen LogP contribution in [0.3, 0.4) is 0 Å². The second-order valence-corrected chi connectivity index (χ2v) is 20.8. The Bertz CT molecular complexity index is 1520. The van der Waals surface area contributed by atoms with Crippen LogP contribution in [-0.4, -0.2) is 139 Å². The van der Waals surface area contributed by atoms with Crippen LogP contribution < -0.4 is 0 Å². The average Bonchev–Trinajstić information content (AvgIpc) is 3.13. The molecule has 7 aliphatic rings. The first kappa shape index (κ1) is 42.8. The Hall–Kier alpha value is -1.27. The van der Waals surface area contributed by atoms with Crippen molar-refractivity contribution in [3.05, 3.63) is 11.6 Å². The fourth-order valence-corrected chi connectivity index (χ4v) is 13.6. The molecule has 19 atom stereocenters. The van der Waals surface area contributed by atoms with E-state index in [4.69, 9.17) is 18.9 Å². The van der Waals surface area contributed by atoms with E-state index in [1.807, 2.05) is 0 Å². The highest BCUT2D eigenvalue weighted by atomic mass is 16.7. The van der Waals surface area contributed by atoms with Crippen molar-refractivity contribution in [1.29, 1.82) is 0 Å². The van der Waals surface area contributed by atoms with Gasteiger partial charge >= 0.3 is 5.97 Å². The van der Waals surface area contributed by atoms with Crippen LogP contribution in [0.15, 0.2) is 11.6 Å². The number of rotatable bonds is 6. The summed E-state index contributed by atoms with van der Waals surface area (Å²) in [4.78, 5) is 14.8. The third-order valence-corrected chi connectivity index (χ3v) is 17.2. The standard InChI is InChI=1S/C42H68O14/c1-37(2)14-15-42(36(52)56-35-32(51)30(49)33(23(19-44)54-35)55-34-31(50)29(48)28(47)22(18-43)53-34)21(16-37)20-8-9-25-39(5)12-11-26(45)38(3,4)24(39)10-13-40(25,6)41(20,7)17-27(42)46/h8,21-35,43-51H,9-19H2,1-7H3/t21-,22?,23?,24-,25+,26-,27?,28+,29?,30?,31+,32+,33-,34+,35+,39-,40+,41+,42+/m0/s1. The topological polar surface area (TPSA) is 236 Å². The monoisotopic (exact) mass is 796 g/mol. The number of hydrogen-bond acceptors (Lipinski definition) is 14. The molecule has 14 heteroatoms. The van der Waals surface area contributed by atoms with Crippen molar-refractivity contribution in [2.45, 2.75) is 180 Å². The molecule has 0 bridgehead atoms. The van der Waals surface area contributed by atoms with Gasteiger partial charge in [-0.15, -0.1) is 0 Å². The summed E-state index contributed by atoms with van der Waals surface area (Å²) in [6.07, 6.45) is -9.35. The van der Waals surface area contributed by atoms with Gasteiger partial charge in [-0.3, -0.25) is 4.79 Å². The molecular weight excluding hydrogens is 728 g/mol. The normalized spacial score (nSPS) is 53.7. The zero-order valence-electron chi connectivity index (χ0n) is 34.1. The van der Waals surface area contributed by atoms with Crippen LogP contribution in [-0.2, 0) is 23.7 Å². The molecule has 56 heavy (non-hydrogen) atoms. The fraction of sp³-hybridized carbons (Fsp3) is 0.929. The highest BCUT2D eigenvalue weighted by Gasteiger charge is 2.72. The lowest BCUT2D eigenvalue weighted by atomic mass is 9.33. The van der Waals surface area contributed by atoms with Gasteiger partial charge in [0, 0.05) is 0 Å². The Morgan fingerprint density at radius 2 is 1.36 bits per heavy atom. The Morgan fingerprint density at radius 3 is 2.02 bits per heavy atom.